The molecule has 0 aliphatic heterocycles. The summed E-state index contributed by atoms with van der Waals surface area (Å²) in [6.07, 6.45) is 4.38. The van der Waals surface area contributed by atoms with Crippen LogP contribution in [0.5, 0.6) is 0 Å². The molecule has 1 aromatic heterocycles. The average Bonchev–Trinajstić information content (AvgIpc) is 2.75. The van der Waals surface area contributed by atoms with Gasteiger partial charge in [0.2, 0.25) is 0 Å². The SMILES string of the molecule is Cc1ccsc1C(=O)NC1(CCl)CCCC(C)C1. The maximum atomic E-state index is 12.3. The van der Waals surface area contributed by atoms with Crippen LogP contribution in [0.15, 0.2) is 11.4 Å². The van der Waals surface area contributed by atoms with Crippen molar-refractivity contribution in [1.29, 1.82) is 0 Å². The van der Waals surface area contributed by atoms with E-state index in [1.807, 2.05) is 18.4 Å². The normalized spacial score (nSPS) is 28.1. The lowest BCUT2D eigenvalue weighted by Crippen LogP contribution is -2.52. The molecular weight excluding hydrogens is 266 g/mol. The Labute approximate surface area is 118 Å². The van der Waals surface area contributed by atoms with Crippen LogP contribution in [0, 0.1) is 12.8 Å². The van der Waals surface area contributed by atoms with Crippen LogP contribution in [0.3, 0.4) is 0 Å². The van der Waals surface area contributed by atoms with Crippen molar-refractivity contribution in [2.24, 2.45) is 5.92 Å². The number of hydrogen-bond acceptors (Lipinski definition) is 2. The Kier molecular flexibility index (Phi) is 4.33. The van der Waals surface area contributed by atoms with Gasteiger partial charge in [0.05, 0.1) is 10.4 Å². The summed E-state index contributed by atoms with van der Waals surface area (Å²) in [7, 11) is 0. The minimum atomic E-state index is -0.202. The summed E-state index contributed by atoms with van der Waals surface area (Å²) in [6, 6.07) is 1.98. The molecule has 1 fully saturated rings. The van der Waals surface area contributed by atoms with E-state index >= 15 is 0 Å². The van der Waals surface area contributed by atoms with E-state index in [1.54, 1.807) is 0 Å². The molecule has 0 bridgehead atoms. The number of thiophene rings is 1. The third-order valence-corrected chi connectivity index (χ3v) is 5.32. The zero-order valence-corrected chi connectivity index (χ0v) is 12.5. The Hall–Kier alpha value is -0.540. The second kappa shape index (κ2) is 5.62. The van der Waals surface area contributed by atoms with E-state index in [1.165, 1.54) is 17.8 Å². The molecule has 0 saturated heterocycles. The first-order valence-corrected chi connectivity index (χ1v) is 7.90. The van der Waals surface area contributed by atoms with Gasteiger partial charge < -0.3 is 5.32 Å². The highest BCUT2D eigenvalue weighted by molar-refractivity contribution is 7.12. The van der Waals surface area contributed by atoms with Crippen molar-refractivity contribution >= 4 is 28.8 Å². The zero-order chi connectivity index (χ0) is 13.2. The molecule has 0 spiro atoms. The number of rotatable bonds is 3. The Morgan fingerprint density at radius 3 is 3.00 bits per heavy atom. The van der Waals surface area contributed by atoms with E-state index in [4.69, 9.17) is 11.6 Å². The number of halogens is 1. The zero-order valence-electron chi connectivity index (χ0n) is 11.0. The van der Waals surface area contributed by atoms with E-state index in [0.29, 0.717) is 11.8 Å². The van der Waals surface area contributed by atoms with Gasteiger partial charge in [-0.25, -0.2) is 0 Å². The first-order valence-electron chi connectivity index (χ1n) is 6.49. The smallest absolute Gasteiger partial charge is 0.262 e. The maximum absolute atomic E-state index is 12.3. The molecule has 1 aliphatic carbocycles. The summed E-state index contributed by atoms with van der Waals surface area (Å²) < 4.78 is 0. The van der Waals surface area contributed by atoms with Gasteiger partial charge in [-0.15, -0.1) is 22.9 Å². The molecule has 18 heavy (non-hydrogen) atoms. The van der Waals surface area contributed by atoms with Crippen LogP contribution in [-0.4, -0.2) is 17.3 Å². The van der Waals surface area contributed by atoms with Crippen molar-refractivity contribution < 1.29 is 4.79 Å². The van der Waals surface area contributed by atoms with Gasteiger partial charge in [0, 0.05) is 5.88 Å². The van der Waals surface area contributed by atoms with Gasteiger partial charge in [0.1, 0.15) is 0 Å². The fourth-order valence-electron chi connectivity index (χ4n) is 2.83. The minimum Gasteiger partial charge on any atom is -0.345 e. The molecular formula is C14H20ClNOS. The molecule has 1 aromatic rings. The lowest BCUT2D eigenvalue weighted by atomic mass is 9.77. The number of alkyl halides is 1. The van der Waals surface area contributed by atoms with Gasteiger partial charge in [-0.3, -0.25) is 4.79 Å². The Morgan fingerprint density at radius 1 is 1.67 bits per heavy atom. The second-order valence-electron chi connectivity index (χ2n) is 5.50. The van der Waals surface area contributed by atoms with Crippen molar-refractivity contribution in [3.63, 3.8) is 0 Å². The third-order valence-electron chi connectivity index (χ3n) is 3.79. The Morgan fingerprint density at radius 2 is 2.44 bits per heavy atom. The molecule has 2 unspecified atom stereocenters. The summed E-state index contributed by atoms with van der Waals surface area (Å²) >= 11 is 7.64. The van der Waals surface area contributed by atoms with Gasteiger partial charge >= 0.3 is 0 Å². The summed E-state index contributed by atoms with van der Waals surface area (Å²) in [5.41, 5.74) is 0.846. The molecule has 4 heteroatoms. The van der Waals surface area contributed by atoms with Crippen LogP contribution in [0.25, 0.3) is 0 Å². The highest BCUT2D eigenvalue weighted by atomic mass is 35.5. The van der Waals surface area contributed by atoms with E-state index in [-0.39, 0.29) is 11.4 Å². The number of carbonyl (C=O) groups is 1. The molecule has 0 radical (unpaired) electrons. The van der Waals surface area contributed by atoms with Crippen molar-refractivity contribution in [3.8, 4) is 0 Å². The second-order valence-corrected chi connectivity index (χ2v) is 6.69. The van der Waals surface area contributed by atoms with Gasteiger partial charge in [-0.05, 0) is 42.7 Å². The third kappa shape index (κ3) is 2.89. The van der Waals surface area contributed by atoms with Crippen molar-refractivity contribution in [3.05, 3.63) is 21.9 Å². The van der Waals surface area contributed by atoms with Gasteiger partial charge in [-0.1, -0.05) is 19.8 Å². The quantitative estimate of drug-likeness (QED) is 0.837. The van der Waals surface area contributed by atoms with Crippen LogP contribution in [-0.2, 0) is 0 Å². The summed E-state index contributed by atoms with van der Waals surface area (Å²) in [6.45, 7) is 4.21. The van der Waals surface area contributed by atoms with Gasteiger partial charge in [0.15, 0.2) is 0 Å². The number of amides is 1. The van der Waals surface area contributed by atoms with E-state index in [2.05, 4.69) is 12.2 Å². The summed E-state index contributed by atoms with van der Waals surface area (Å²) in [4.78, 5) is 13.1. The molecule has 2 atom stereocenters. The molecule has 1 heterocycles. The van der Waals surface area contributed by atoms with Crippen LogP contribution < -0.4 is 5.32 Å². The lowest BCUT2D eigenvalue weighted by Gasteiger charge is -2.39. The fourth-order valence-corrected chi connectivity index (χ4v) is 3.96. The van der Waals surface area contributed by atoms with Gasteiger partial charge in [-0.2, -0.15) is 0 Å². The monoisotopic (exact) mass is 285 g/mol. The number of hydrogen-bond donors (Lipinski definition) is 1. The molecule has 100 valence electrons. The Bertz CT molecular complexity index is 431. The topological polar surface area (TPSA) is 29.1 Å². The molecule has 1 amide bonds. The molecule has 2 rings (SSSR count). The average molecular weight is 286 g/mol. The molecule has 2 nitrogen and oxygen atoms in total. The largest absolute Gasteiger partial charge is 0.345 e. The maximum Gasteiger partial charge on any atom is 0.262 e. The Balaban J connectivity index is 2.11. The van der Waals surface area contributed by atoms with Crippen LogP contribution >= 0.6 is 22.9 Å². The molecule has 1 N–H and O–H groups in total. The van der Waals surface area contributed by atoms with Crippen LogP contribution in [0.4, 0.5) is 0 Å². The van der Waals surface area contributed by atoms with Crippen molar-refractivity contribution in [2.75, 3.05) is 5.88 Å². The van der Waals surface area contributed by atoms with E-state index in [0.717, 1.165) is 29.7 Å². The summed E-state index contributed by atoms with van der Waals surface area (Å²) in [5.74, 6) is 1.19. The van der Waals surface area contributed by atoms with Crippen molar-refractivity contribution in [1.82, 2.24) is 5.32 Å². The first-order chi connectivity index (χ1) is 8.56. The molecule has 1 aliphatic rings. The predicted octanol–water partition coefficient (Wildman–Crippen LogP) is 3.97. The van der Waals surface area contributed by atoms with E-state index < -0.39 is 0 Å². The molecule has 0 aromatic carbocycles. The van der Waals surface area contributed by atoms with Crippen LogP contribution in [0.1, 0.15) is 47.8 Å². The fraction of sp³-hybridized carbons (Fsp3) is 0.643. The highest BCUT2D eigenvalue weighted by Gasteiger charge is 2.36. The number of aryl methyl sites for hydroxylation is 1. The molecule has 1 saturated carbocycles. The minimum absolute atomic E-state index is 0.0391. The van der Waals surface area contributed by atoms with E-state index in [9.17, 15) is 4.79 Å². The predicted molar refractivity (Wildman–Crippen MR) is 77.6 cm³/mol. The first kappa shape index (κ1) is 13.9. The number of nitrogens with one attached hydrogen (secondary N) is 1. The van der Waals surface area contributed by atoms with Gasteiger partial charge in [0.25, 0.3) is 5.91 Å². The summed E-state index contributed by atoms with van der Waals surface area (Å²) in [5, 5.41) is 5.15. The number of carbonyl (C=O) groups excluding carboxylic acids is 1. The lowest BCUT2D eigenvalue weighted by molar-refractivity contribution is 0.0871. The van der Waals surface area contributed by atoms with Crippen LogP contribution in [0.2, 0.25) is 0 Å². The highest BCUT2D eigenvalue weighted by Crippen LogP contribution is 2.33. The standard InChI is InChI=1S/C14H20ClNOS/c1-10-4-3-6-14(8-10,9-15)16-13(17)12-11(2)5-7-18-12/h5,7,10H,3-4,6,8-9H2,1-2H3,(H,16,17). The van der Waals surface area contributed by atoms with Crippen molar-refractivity contribution in [2.45, 2.75) is 45.1 Å².